The maximum atomic E-state index is 13.5. The lowest BCUT2D eigenvalue weighted by atomic mass is 10.2. The van der Waals surface area contributed by atoms with E-state index in [0.717, 1.165) is 6.42 Å². The van der Waals surface area contributed by atoms with Crippen LogP contribution in [-0.4, -0.2) is 20.9 Å². The average Bonchev–Trinajstić information content (AvgIpc) is 2.77. The van der Waals surface area contributed by atoms with Gasteiger partial charge in [0.15, 0.2) is 0 Å². The summed E-state index contributed by atoms with van der Waals surface area (Å²) in [6.07, 6.45) is 1.57. The molecule has 0 unspecified atom stereocenters. The van der Waals surface area contributed by atoms with E-state index in [2.05, 4.69) is 37.2 Å². The molecule has 0 bridgehead atoms. The highest BCUT2D eigenvalue weighted by molar-refractivity contribution is 9.11. The number of nitrogens with zero attached hydrogens (tertiary/aromatic N) is 1. The van der Waals surface area contributed by atoms with Gasteiger partial charge in [0.05, 0.1) is 16.3 Å². The van der Waals surface area contributed by atoms with Crippen molar-refractivity contribution in [1.82, 2.24) is 0 Å². The lowest BCUT2D eigenvalue weighted by molar-refractivity contribution is 0.102. The second kappa shape index (κ2) is 10.8. The molecule has 0 saturated carbocycles. The third kappa shape index (κ3) is 5.73. The third-order valence-electron chi connectivity index (χ3n) is 4.69. The number of anilines is 2. The van der Waals surface area contributed by atoms with Crippen LogP contribution in [0, 0.1) is 0 Å². The van der Waals surface area contributed by atoms with Crippen LogP contribution in [-0.2, 0) is 10.0 Å². The molecule has 0 spiro atoms. The van der Waals surface area contributed by atoms with Crippen LogP contribution in [0.4, 0.5) is 11.4 Å². The molecule has 1 amide bonds. The van der Waals surface area contributed by atoms with Crippen molar-refractivity contribution in [1.29, 1.82) is 0 Å². The summed E-state index contributed by atoms with van der Waals surface area (Å²) in [4.78, 5) is 13.0. The number of hydrogen-bond acceptors (Lipinski definition) is 3. The van der Waals surface area contributed by atoms with Crippen LogP contribution < -0.4 is 9.62 Å². The van der Waals surface area contributed by atoms with Crippen molar-refractivity contribution < 1.29 is 13.2 Å². The van der Waals surface area contributed by atoms with E-state index in [4.69, 9.17) is 11.6 Å². The van der Waals surface area contributed by atoms with Crippen molar-refractivity contribution in [3.8, 4) is 0 Å². The van der Waals surface area contributed by atoms with E-state index in [1.165, 1.54) is 16.4 Å². The van der Waals surface area contributed by atoms with Gasteiger partial charge in [0.1, 0.15) is 0 Å². The molecule has 9 heteroatoms. The molecule has 3 rings (SSSR count). The fourth-order valence-electron chi connectivity index (χ4n) is 3.06. The zero-order valence-corrected chi connectivity index (χ0v) is 21.9. The number of benzene rings is 3. The number of amides is 1. The molecule has 3 aromatic rings. The van der Waals surface area contributed by atoms with Gasteiger partial charge in [-0.25, -0.2) is 8.42 Å². The Labute approximate surface area is 210 Å². The van der Waals surface area contributed by atoms with E-state index in [1.54, 1.807) is 48.5 Å². The zero-order valence-electron chi connectivity index (χ0n) is 17.2. The van der Waals surface area contributed by atoms with Gasteiger partial charge in [0.2, 0.25) is 0 Å². The molecule has 0 radical (unpaired) electrons. The van der Waals surface area contributed by atoms with Crippen LogP contribution in [0.25, 0.3) is 0 Å². The molecule has 0 aliphatic carbocycles. The van der Waals surface area contributed by atoms with E-state index in [9.17, 15) is 13.2 Å². The summed E-state index contributed by atoms with van der Waals surface area (Å²) >= 11 is 12.8. The predicted octanol–water partition coefficient (Wildman–Crippen LogP) is 7.11. The van der Waals surface area contributed by atoms with Crippen molar-refractivity contribution in [2.45, 2.75) is 24.7 Å². The summed E-state index contributed by atoms with van der Waals surface area (Å²) < 4.78 is 29.6. The lowest BCUT2D eigenvalue weighted by Gasteiger charge is -2.24. The first-order valence-corrected chi connectivity index (χ1v) is 13.3. The molecule has 0 heterocycles. The highest BCUT2D eigenvalue weighted by Crippen LogP contribution is 2.34. The Balaban J connectivity index is 1.94. The highest BCUT2D eigenvalue weighted by atomic mass is 79.9. The van der Waals surface area contributed by atoms with Gasteiger partial charge in [0.25, 0.3) is 15.9 Å². The molecule has 0 aliphatic rings. The van der Waals surface area contributed by atoms with Crippen LogP contribution in [0.1, 0.15) is 30.1 Å². The number of hydrogen-bond donors (Lipinski definition) is 1. The molecule has 1 N–H and O–H groups in total. The van der Waals surface area contributed by atoms with Gasteiger partial charge < -0.3 is 5.32 Å². The van der Waals surface area contributed by atoms with Gasteiger partial charge in [-0.15, -0.1) is 0 Å². The summed E-state index contributed by atoms with van der Waals surface area (Å²) in [5.74, 6) is -0.439. The minimum absolute atomic E-state index is 0.0549. The Morgan fingerprint density at radius 1 is 1.00 bits per heavy atom. The lowest BCUT2D eigenvalue weighted by Crippen LogP contribution is -2.32. The number of para-hydroxylation sites is 1. The van der Waals surface area contributed by atoms with Gasteiger partial charge >= 0.3 is 0 Å². The molecule has 0 atom stereocenters. The summed E-state index contributed by atoms with van der Waals surface area (Å²) in [5.41, 5.74) is 1.31. The van der Waals surface area contributed by atoms with Crippen molar-refractivity contribution >= 4 is 70.8 Å². The maximum absolute atomic E-state index is 13.5. The normalized spacial score (nSPS) is 11.2. The largest absolute Gasteiger partial charge is 0.320 e. The number of rotatable bonds is 8. The summed E-state index contributed by atoms with van der Waals surface area (Å²) in [5, 5.41) is 3.30. The molecule has 0 aromatic heterocycles. The molecule has 168 valence electrons. The molecule has 0 fully saturated rings. The minimum atomic E-state index is -3.86. The standard InChI is InChI=1S/C23H21Br2ClN2O3S/c1-2-3-12-28(18-9-5-4-6-10-18)32(30,31)19-11-7-8-16(13-19)23(29)27-22-20(24)14-17(26)15-21(22)25/h4-11,13-15H,2-3,12H2,1H3,(H,27,29). The average molecular weight is 601 g/mol. The van der Waals surface area contributed by atoms with Gasteiger partial charge in [0, 0.05) is 26.1 Å². The molecular weight excluding hydrogens is 580 g/mol. The topological polar surface area (TPSA) is 66.5 Å². The smallest absolute Gasteiger partial charge is 0.264 e. The van der Waals surface area contributed by atoms with Crippen molar-refractivity contribution in [2.24, 2.45) is 0 Å². The van der Waals surface area contributed by atoms with Crippen molar-refractivity contribution in [3.05, 3.63) is 86.3 Å². The summed E-state index contributed by atoms with van der Waals surface area (Å²) in [7, 11) is -3.86. The Morgan fingerprint density at radius 2 is 1.66 bits per heavy atom. The number of sulfonamides is 1. The Hall–Kier alpha value is -1.87. The Bertz CT molecular complexity index is 1200. The SMILES string of the molecule is CCCCN(c1ccccc1)S(=O)(=O)c1cccc(C(=O)Nc2c(Br)cc(Cl)cc2Br)c1. The van der Waals surface area contributed by atoms with Crippen LogP contribution in [0.5, 0.6) is 0 Å². The Morgan fingerprint density at radius 3 is 2.28 bits per heavy atom. The third-order valence-corrected chi connectivity index (χ3v) is 7.98. The van der Waals surface area contributed by atoms with E-state index in [0.29, 0.717) is 38.3 Å². The first-order chi connectivity index (χ1) is 15.2. The molecule has 0 saturated heterocycles. The second-order valence-electron chi connectivity index (χ2n) is 6.99. The van der Waals surface area contributed by atoms with Gasteiger partial charge in [-0.05, 0) is 80.7 Å². The van der Waals surface area contributed by atoms with Crippen molar-refractivity contribution in [2.75, 3.05) is 16.2 Å². The maximum Gasteiger partial charge on any atom is 0.264 e. The molecule has 32 heavy (non-hydrogen) atoms. The quantitative estimate of drug-likeness (QED) is 0.300. The second-order valence-corrected chi connectivity index (χ2v) is 11.0. The molecule has 3 aromatic carbocycles. The number of carbonyl (C=O) groups excluding carboxylic acids is 1. The van der Waals surface area contributed by atoms with E-state index >= 15 is 0 Å². The fraction of sp³-hybridized carbons (Fsp3) is 0.174. The van der Waals surface area contributed by atoms with Crippen LogP contribution >= 0.6 is 43.5 Å². The summed E-state index contributed by atoms with van der Waals surface area (Å²) in [6.45, 7) is 2.36. The van der Waals surface area contributed by atoms with E-state index < -0.39 is 15.9 Å². The number of carbonyl (C=O) groups is 1. The van der Waals surface area contributed by atoms with Gasteiger partial charge in [-0.1, -0.05) is 49.2 Å². The molecule has 0 aliphatic heterocycles. The summed E-state index contributed by atoms with van der Waals surface area (Å²) in [6, 6.07) is 18.3. The highest BCUT2D eigenvalue weighted by Gasteiger charge is 2.25. The number of nitrogens with one attached hydrogen (secondary N) is 1. The Kier molecular flexibility index (Phi) is 8.38. The number of unbranched alkanes of at least 4 members (excludes halogenated alkanes) is 1. The molecular formula is C23H21Br2ClN2O3S. The monoisotopic (exact) mass is 598 g/mol. The first-order valence-electron chi connectivity index (χ1n) is 9.87. The van der Waals surface area contributed by atoms with Crippen LogP contribution in [0.3, 0.4) is 0 Å². The first kappa shape index (κ1) is 24.8. The zero-order chi connectivity index (χ0) is 23.3. The van der Waals surface area contributed by atoms with Crippen LogP contribution in [0.15, 0.2) is 80.6 Å². The van der Waals surface area contributed by atoms with Crippen LogP contribution in [0.2, 0.25) is 5.02 Å². The number of halogens is 3. The fourth-order valence-corrected chi connectivity index (χ4v) is 6.47. The van der Waals surface area contributed by atoms with Gasteiger partial charge in [-0.3, -0.25) is 9.10 Å². The van der Waals surface area contributed by atoms with E-state index in [1.807, 2.05) is 13.0 Å². The molecule has 5 nitrogen and oxygen atoms in total. The minimum Gasteiger partial charge on any atom is -0.320 e. The van der Waals surface area contributed by atoms with Gasteiger partial charge in [-0.2, -0.15) is 0 Å². The van der Waals surface area contributed by atoms with Crippen molar-refractivity contribution in [3.63, 3.8) is 0 Å². The van der Waals surface area contributed by atoms with E-state index in [-0.39, 0.29) is 10.5 Å². The predicted molar refractivity (Wildman–Crippen MR) is 137 cm³/mol.